The van der Waals surface area contributed by atoms with Crippen molar-refractivity contribution in [3.63, 3.8) is 0 Å². The first-order valence-corrected chi connectivity index (χ1v) is 7.70. The Bertz CT molecular complexity index is 283. The van der Waals surface area contributed by atoms with E-state index in [1.807, 2.05) is 0 Å². The predicted molar refractivity (Wildman–Crippen MR) is 74.9 cm³/mol. The molecular formula is C11H25NaO6S. The van der Waals surface area contributed by atoms with E-state index in [1.165, 1.54) is 19.3 Å². The molecule has 112 valence electrons. The Labute approximate surface area is 138 Å². The third kappa shape index (κ3) is 16.7. The van der Waals surface area contributed by atoms with Gasteiger partial charge >= 0.3 is 40.0 Å². The fraction of sp³-hybridized carbons (Fsp3) is 1.00. The van der Waals surface area contributed by atoms with Crippen molar-refractivity contribution in [3.8, 4) is 0 Å². The summed E-state index contributed by atoms with van der Waals surface area (Å²) in [4.78, 5) is 0. The van der Waals surface area contributed by atoms with Crippen LogP contribution in [0.5, 0.6) is 0 Å². The number of rotatable bonds is 12. The summed E-state index contributed by atoms with van der Waals surface area (Å²) >= 11 is 0. The number of aliphatic hydroxyl groups excluding tert-OH is 1. The Kier molecular flexibility index (Phi) is 16.0. The molecule has 0 aliphatic carbocycles. The molecule has 0 fully saturated rings. The van der Waals surface area contributed by atoms with Crippen LogP contribution < -0.4 is 0 Å². The topological polar surface area (TPSA) is 93.1 Å². The first-order chi connectivity index (χ1) is 8.49. The van der Waals surface area contributed by atoms with Gasteiger partial charge in [-0.3, -0.25) is 4.55 Å². The number of hydrogen-bond donors (Lipinski definition) is 2. The molecule has 1 atom stereocenters. The molecule has 0 amide bonds. The van der Waals surface area contributed by atoms with Crippen LogP contribution in [0.4, 0.5) is 0 Å². The van der Waals surface area contributed by atoms with E-state index < -0.39 is 16.5 Å². The van der Waals surface area contributed by atoms with Crippen LogP contribution in [0.15, 0.2) is 0 Å². The van der Waals surface area contributed by atoms with Crippen molar-refractivity contribution in [3.05, 3.63) is 0 Å². The summed E-state index contributed by atoms with van der Waals surface area (Å²) in [5.74, 6) is 0. The minimum absolute atomic E-state index is 0. The van der Waals surface area contributed by atoms with Crippen LogP contribution in [0.1, 0.15) is 45.4 Å². The van der Waals surface area contributed by atoms with Crippen molar-refractivity contribution in [2.45, 2.75) is 51.6 Å². The fourth-order valence-electron chi connectivity index (χ4n) is 1.45. The van der Waals surface area contributed by atoms with Crippen LogP contribution in [-0.2, 0) is 19.3 Å². The quantitative estimate of drug-likeness (QED) is 0.316. The zero-order valence-corrected chi connectivity index (χ0v) is 11.7. The predicted octanol–water partition coefficient (Wildman–Crippen LogP) is 0.895. The minimum atomic E-state index is -4.47. The molecule has 0 aromatic heterocycles. The van der Waals surface area contributed by atoms with E-state index in [0.717, 1.165) is 19.3 Å². The molecule has 0 aliphatic rings. The van der Waals surface area contributed by atoms with Gasteiger partial charge in [0.2, 0.25) is 0 Å². The van der Waals surface area contributed by atoms with Gasteiger partial charge in [-0.1, -0.05) is 39.0 Å². The Hall–Kier alpha value is 0.790. The van der Waals surface area contributed by atoms with Crippen LogP contribution in [0, 0.1) is 0 Å². The summed E-state index contributed by atoms with van der Waals surface area (Å²) in [6.07, 6.45) is 6.01. The van der Waals surface area contributed by atoms with Gasteiger partial charge in [0.15, 0.2) is 0 Å². The van der Waals surface area contributed by atoms with Gasteiger partial charge in [0.1, 0.15) is 6.10 Å². The Balaban J connectivity index is 0. The van der Waals surface area contributed by atoms with Gasteiger partial charge < -0.3 is 9.84 Å². The molecule has 6 nitrogen and oxygen atoms in total. The van der Waals surface area contributed by atoms with E-state index in [-0.39, 0.29) is 42.8 Å². The standard InChI is InChI=1S/C11H24O6S.Na.H/c1-2-3-4-5-6-7-8-16-11(9-12)10-17-18(13,14)15;;/h11-12H,2-10H2,1H3,(H,13,14,15);;. The molecule has 0 heterocycles. The molecule has 0 aliphatic heterocycles. The van der Waals surface area contributed by atoms with E-state index in [9.17, 15) is 8.42 Å². The monoisotopic (exact) mass is 308 g/mol. The molecule has 8 heteroatoms. The molecule has 2 N–H and O–H groups in total. The zero-order valence-electron chi connectivity index (χ0n) is 10.9. The number of unbranched alkanes of at least 4 members (excludes halogenated alkanes) is 5. The van der Waals surface area contributed by atoms with Crippen LogP contribution in [-0.4, -0.2) is 73.6 Å². The number of hydrogen-bond acceptors (Lipinski definition) is 5. The Morgan fingerprint density at radius 2 is 1.68 bits per heavy atom. The summed E-state index contributed by atoms with van der Waals surface area (Å²) in [5.41, 5.74) is 0. The molecule has 0 saturated carbocycles. The van der Waals surface area contributed by atoms with Crippen molar-refractivity contribution < 1.29 is 27.0 Å². The van der Waals surface area contributed by atoms with Crippen LogP contribution in [0.25, 0.3) is 0 Å². The van der Waals surface area contributed by atoms with Crippen LogP contribution in [0.2, 0.25) is 0 Å². The summed E-state index contributed by atoms with van der Waals surface area (Å²) in [6.45, 7) is 1.90. The molecular weight excluding hydrogens is 283 g/mol. The van der Waals surface area contributed by atoms with Crippen molar-refractivity contribution in [2.75, 3.05) is 19.8 Å². The third-order valence-electron chi connectivity index (χ3n) is 2.46. The van der Waals surface area contributed by atoms with Crippen LogP contribution in [0.3, 0.4) is 0 Å². The summed E-state index contributed by atoms with van der Waals surface area (Å²) in [6, 6.07) is 0. The normalized spacial score (nSPS) is 13.0. The molecule has 0 aromatic rings. The zero-order chi connectivity index (χ0) is 13.9. The van der Waals surface area contributed by atoms with Gasteiger partial charge in [-0.15, -0.1) is 0 Å². The van der Waals surface area contributed by atoms with Gasteiger partial charge in [0, 0.05) is 6.61 Å². The SMILES string of the molecule is CCCCCCCCOC(CO)COS(=O)(=O)O.[NaH]. The van der Waals surface area contributed by atoms with Gasteiger partial charge in [0.25, 0.3) is 0 Å². The maximum atomic E-state index is 10.3. The van der Waals surface area contributed by atoms with Crippen molar-refractivity contribution in [2.24, 2.45) is 0 Å². The van der Waals surface area contributed by atoms with Gasteiger partial charge in [-0.25, -0.2) is 4.18 Å². The number of aliphatic hydroxyl groups is 1. The summed E-state index contributed by atoms with van der Waals surface area (Å²) in [7, 11) is -4.47. The van der Waals surface area contributed by atoms with E-state index in [4.69, 9.17) is 14.4 Å². The van der Waals surface area contributed by atoms with Gasteiger partial charge in [-0.05, 0) is 6.42 Å². The fourth-order valence-corrected chi connectivity index (χ4v) is 1.77. The van der Waals surface area contributed by atoms with Gasteiger partial charge in [-0.2, -0.15) is 8.42 Å². The van der Waals surface area contributed by atoms with E-state index in [1.54, 1.807) is 0 Å². The third-order valence-corrected chi connectivity index (χ3v) is 2.89. The molecule has 0 rings (SSSR count). The van der Waals surface area contributed by atoms with Crippen molar-refractivity contribution in [1.29, 1.82) is 0 Å². The average molecular weight is 308 g/mol. The molecule has 0 saturated heterocycles. The molecule has 0 radical (unpaired) electrons. The maximum absolute atomic E-state index is 10.3. The first kappa shape index (κ1) is 22.1. The van der Waals surface area contributed by atoms with E-state index >= 15 is 0 Å². The first-order valence-electron chi connectivity index (χ1n) is 6.34. The Morgan fingerprint density at radius 1 is 1.11 bits per heavy atom. The average Bonchev–Trinajstić information content (AvgIpc) is 2.30. The molecule has 1 unspecified atom stereocenters. The van der Waals surface area contributed by atoms with Gasteiger partial charge in [0.05, 0.1) is 13.2 Å². The Morgan fingerprint density at radius 3 is 2.21 bits per heavy atom. The van der Waals surface area contributed by atoms with E-state index in [0.29, 0.717) is 6.61 Å². The summed E-state index contributed by atoms with van der Waals surface area (Å²) < 4.78 is 38.4. The summed E-state index contributed by atoms with van der Waals surface area (Å²) in [5, 5.41) is 8.91. The van der Waals surface area contributed by atoms with Crippen molar-refractivity contribution >= 4 is 40.0 Å². The second-order valence-corrected chi connectivity index (χ2v) is 5.25. The second-order valence-electron chi connectivity index (χ2n) is 4.16. The molecule has 0 bridgehead atoms. The molecule has 19 heavy (non-hydrogen) atoms. The van der Waals surface area contributed by atoms with Crippen LogP contribution >= 0.6 is 0 Å². The molecule has 0 spiro atoms. The van der Waals surface area contributed by atoms with Crippen molar-refractivity contribution in [1.82, 2.24) is 0 Å². The molecule has 0 aromatic carbocycles. The van der Waals surface area contributed by atoms with E-state index in [2.05, 4.69) is 11.1 Å². The second kappa shape index (κ2) is 13.8. The number of ether oxygens (including phenoxy) is 1.